The number of aromatic nitrogens is 4. The zero-order valence-corrected chi connectivity index (χ0v) is 21.5. The van der Waals surface area contributed by atoms with Crippen LogP contribution in [0.1, 0.15) is 5.56 Å². The lowest BCUT2D eigenvalue weighted by Crippen LogP contribution is -2.50. The predicted molar refractivity (Wildman–Crippen MR) is 136 cm³/mol. The van der Waals surface area contributed by atoms with E-state index in [0.29, 0.717) is 11.3 Å². The van der Waals surface area contributed by atoms with E-state index in [2.05, 4.69) is 36.8 Å². The van der Waals surface area contributed by atoms with Crippen molar-refractivity contribution in [1.29, 1.82) is 0 Å². The first kappa shape index (κ1) is 28.0. The largest absolute Gasteiger partial charge is 0.357 e. The lowest BCUT2D eigenvalue weighted by atomic mass is 10.0. The second-order valence-electron chi connectivity index (χ2n) is 7.74. The summed E-state index contributed by atoms with van der Waals surface area (Å²) in [5, 5.41) is 20.7. The maximum atomic E-state index is 12.7. The third kappa shape index (κ3) is 7.97. The van der Waals surface area contributed by atoms with Crippen LogP contribution in [0.5, 0.6) is 0 Å². The summed E-state index contributed by atoms with van der Waals surface area (Å²) in [6, 6.07) is 8.52. The van der Waals surface area contributed by atoms with Crippen LogP contribution >= 0.6 is 11.6 Å². The minimum absolute atomic E-state index is 0.00154. The monoisotopic (exact) mass is 563 g/mol. The number of sulfonamides is 1. The molecule has 200 valence electrons. The molecule has 0 radical (unpaired) electrons. The molecule has 17 heteroatoms. The van der Waals surface area contributed by atoms with E-state index >= 15 is 0 Å². The average molecular weight is 564 g/mol. The maximum Gasteiger partial charge on any atom is 0.332 e. The van der Waals surface area contributed by atoms with Crippen molar-refractivity contribution in [1.82, 2.24) is 35.6 Å². The van der Waals surface area contributed by atoms with Gasteiger partial charge in [-0.05, 0) is 46.3 Å². The van der Waals surface area contributed by atoms with Crippen LogP contribution < -0.4 is 26.0 Å². The molecule has 0 spiro atoms. The van der Waals surface area contributed by atoms with Gasteiger partial charge < -0.3 is 21.3 Å². The molecule has 1 aromatic heterocycles. The van der Waals surface area contributed by atoms with Gasteiger partial charge in [0, 0.05) is 24.2 Å². The van der Waals surface area contributed by atoms with Crippen LogP contribution in [0.25, 0.3) is 5.69 Å². The number of tetrazole rings is 1. The number of nitrogens with one attached hydrogen (secondary N) is 5. The number of carbonyl (C=O) groups is 4. The molecule has 5 amide bonds. The Morgan fingerprint density at radius 3 is 2.34 bits per heavy atom. The van der Waals surface area contributed by atoms with E-state index in [1.54, 1.807) is 29.0 Å². The Morgan fingerprint density at radius 1 is 1.03 bits per heavy atom. The first-order valence-electron chi connectivity index (χ1n) is 10.7. The number of rotatable bonds is 8. The predicted octanol–water partition coefficient (Wildman–Crippen LogP) is -0.191. The SMILES string of the molecule is CNC(=O)[C@H](Cc1ccc(NC(=O)NS(C)(=O)=O)cc1)NC(=O)C(=O)Nc1cc(Cl)ccc1-n1cnnn1. The zero-order valence-electron chi connectivity index (χ0n) is 19.9. The third-order valence-electron chi connectivity index (χ3n) is 4.81. The number of amides is 5. The summed E-state index contributed by atoms with van der Waals surface area (Å²) in [7, 11) is -2.36. The van der Waals surface area contributed by atoms with Crippen molar-refractivity contribution in [3.8, 4) is 5.69 Å². The van der Waals surface area contributed by atoms with Crippen LogP contribution in [0.3, 0.4) is 0 Å². The lowest BCUT2D eigenvalue weighted by Gasteiger charge is -2.18. The number of nitrogens with zero attached hydrogens (tertiary/aromatic N) is 4. The summed E-state index contributed by atoms with van der Waals surface area (Å²) in [4.78, 5) is 49.4. The van der Waals surface area contributed by atoms with Crippen molar-refractivity contribution < 1.29 is 27.6 Å². The molecular weight excluding hydrogens is 542 g/mol. The van der Waals surface area contributed by atoms with Crippen molar-refractivity contribution in [2.45, 2.75) is 12.5 Å². The van der Waals surface area contributed by atoms with Crippen molar-refractivity contribution in [2.75, 3.05) is 23.9 Å². The van der Waals surface area contributed by atoms with E-state index in [4.69, 9.17) is 11.6 Å². The normalized spacial score (nSPS) is 11.7. The molecule has 15 nitrogen and oxygen atoms in total. The Morgan fingerprint density at radius 2 is 1.74 bits per heavy atom. The second-order valence-corrected chi connectivity index (χ2v) is 9.92. The van der Waals surface area contributed by atoms with Crippen LogP contribution in [0, 0.1) is 0 Å². The Bertz CT molecular complexity index is 1450. The van der Waals surface area contributed by atoms with E-state index in [1.165, 1.54) is 36.3 Å². The van der Waals surface area contributed by atoms with Gasteiger partial charge in [0.15, 0.2) is 0 Å². The van der Waals surface area contributed by atoms with Crippen LogP contribution in [0.4, 0.5) is 16.2 Å². The van der Waals surface area contributed by atoms with Gasteiger partial charge in [0.25, 0.3) is 0 Å². The Balaban J connectivity index is 1.68. The Labute approximate surface area is 221 Å². The molecule has 1 atom stereocenters. The summed E-state index contributed by atoms with van der Waals surface area (Å²) >= 11 is 6.02. The summed E-state index contributed by atoms with van der Waals surface area (Å²) in [6.07, 6.45) is 2.13. The minimum Gasteiger partial charge on any atom is -0.357 e. The maximum absolute atomic E-state index is 12.7. The van der Waals surface area contributed by atoms with Gasteiger partial charge in [0.1, 0.15) is 12.4 Å². The van der Waals surface area contributed by atoms with Gasteiger partial charge >= 0.3 is 17.8 Å². The minimum atomic E-state index is -3.73. The first-order chi connectivity index (χ1) is 17.9. The molecule has 3 rings (SSSR count). The smallest absolute Gasteiger partial charge is 0.332 e. The van der Waals surface area contributed by atoms with E-state index in [-0.39, 0.29) is 22.8 Å². The Hall–Kier alpha value is -4.57. The van der Waals surface area contributed by atoms with Gasteiger partial charge in [-0.25, -0.2) is 17.9 Å². The van der Waals surface area contributed by atoms with E-state index < -0.39 is 39.8 Å². The number of urea groups is 1. The quantitative estimate of drug-likeness (QED) is 0.230. The lowest BCUT2D eigenvalue weighted by molar-refractivity contribution is -0.138. The summed E-state index contributed by atoms with van der Waals surface area (Å²) in [5.74, 6) is -2.71. The molecule has 0 unspecified atom stereocenters. The summed E-state index contributed by atoms with van der Waals surface area (Å²) in [6.45, 7) is 0. The molecule has 5 N–H and O–H groups in total. The van der Waals surface area contributed by atoms with Crippen LogP contribution in [-0.2, 0) is 30.8 Å². The van der Waals surface area contributed by atoms with Gasteiger partial charge in [-0.1, -0.05) is 23.7 Å². The number of anilines is 2. The molecule has 0 bridgehead atoms. The molecule has 3 aromatic rings. The molecule has 0 aliphatic rings. The highest BCUT2D eigenvalue weighted by atomic mass is 35.5. The highest BCUT2D eigenvalue weighted by Crippen LogP contribution is 2.23. The number of likely N-dealkylation sites (N-methyl/N-ethyl adjacent to an activating group) is 1. The first-order valence-corrected chi connectivity index (χ1v) is 13.0. The third-order valence-corrected chi connectivity index (χ3v) is 5.60. The fourth-order valence-electron chi connectivity index (χ4n) is 3.15. The van der Waals surface area contributed by atoms with Crippen LogP contribution in [0.15, 0.2) is 48.8 Å². The topological polar surface area (TPSA) is 206 Å². The molecule has 0 aliphatic carbocycles. The van der Waals surface area contributed by atoms with Gasteiger partial charge in [0.2, 0.25) is 15.9 Å². The molecule has 38 heavy (non-hydrogen) atoms. The molecule has 0 saturated heterocycles. The second kappa shape index (κ2) is 12.1. The average Bonchev–Trinajstić information content (AvgIpc) is 3.38. The van der Waals surface area contributed by atoms with E-state index in [1.807, 2.05) is 0 Å². The number of benzene rings is 2. The van der Waals surface area contributed by atoms with Crippen molar-refractivity contribution in [3.63, 3.8) is 0 Å². The van der Waals surface area contributed by atoms with Gasteiger partial charge in [0.05, 0.1) is 17.6 Å². The fourth-order valence-corrected chi connectivity index (χ4v) is 3.71. The number of carbonyl (C=O) groups excluding carboxylic acids is 4. The van der Waals surface area contributed by atoms with E-state index in [9.17, 15) is 27.6 Å². The van der Waals surface area contributed by atoms with Gasteiger partial charge in [-0.3, -0.25) is 14.4 Å². The molecular formula is C21H22ClN9O6S. The highest BCUT2D eigenvalue weighted by Gasteiger charge is 2.25. The fraction of sp³-hybridized carbons (Fsp3) is 0.190. The molecule has 0 fully saturated rings. The summed E-state index contributed by atoms with van der Waals surface area (Å²) in [5.41, 5.74) is 1.37. The summed E-state index contributed by atoms with van der Waals surface area (Å²) < 4.78 is 25.3. The molecule has 0 aliphatic heterocycles. The van der Waals surface area contributed by atoms with Crippen molar-refractivity contribution >= 4 is 56.8 Å². The van der Waals surface area contributed by atoms with Crippen LogP contribution in [0.2, 0.25) is 5.02 Å². The van der Waals surface area contributed by atoms with E-state index in [0.717, 1.165) is 6.26 Å². The number of hydrogen-bond acceptors (Lipinski definition) is 9. The number of hydrogen-bond donors (Lipinski definition) is 5. The van der Waals surface area contributed by atoms with Gasteiger partial charge in [-0.15, -0.1) is 5.10 Å². The molecule has 2 aromatic carbocycles. The number of halogens is 1. The Kier molecular flexibility index (Phi) is 8.93. The van der Waals surface area contributed by atoms with Gasteiger partial charge in [-0.2, -0.15) is 4.68 Å². The zero-order chi connectivity index (χ0) is 27.9. The highest BCUT2D eigenvalue weighted by molar-refractivity contribution is 7.89. The van der Waals surface area contributed by atoms with Crippen molar-refractivity contribution in [2.24, 2.45) is 0 Å². The van der Waals surface area contributed by atoms with Crippen LogP contribution in [-0.4, -0.2) is 71.7 Å². The van der Waals surface area contributed by atoms with Crippen molar-refractivity contribution in [3.05, 3.63) is 59.4 Å². The molecule has 1 heterocycles. The standard InChI is InChI=1S/C21H22ClN9O6S/c1-23-18(32)16(9-12-3-6-14(7-4-12)25-21(35)28-38(2,36)37)27-20(34)19(33)26-15-10-13(22)5-8-17(15)31-11-24-29-30-31/h3-8,10-11,16H,9H2,1-2H3,(H,23,32)(H,26,33)(H,27,34)(H2,25,28,35)/t16-/m0/s1. The molecule has 0 saturated carbocycles.